The predicted molar refractivity (Wildman–Crippen MR) is 85.2 cm³/mol. The minimum atomic E-state index is -0.157. The van der Waals surface area contributed by atoms with Gasteiger partial charge in [-0.15, -0.1) is 0 Å². The lowest BCUT2D eigenvalue weighted by molar-refractivity contribution is -0.123. The standard InChI is InChI=1S/C17H23NO4/c1-3-5-13-7-8-15(16(10-13)20-2)22-12-17(19)18-11-14-6-4-9-21-14/h3,5,7-8,10,14H,4,6,9,11-12H2,1-2H3,(H,18,19). The first kappa shape index (κ1) is 16.4. The number of methoxy groups -OCH3 is 1. The fourth-order valence-electron chi connectivity index (χ4n) is 2.33. The summed E-state index contributed by atoms with van der Waals surface area (Å²) in [4.78, 5) is 11.8. The number of hydrogen-bond acceptors (Lipinski definition) is 4. The van der Waals surface area contributed by atoms with Crippen molar-refractivity contribution in [3.05, 3.63) is 29.8 Å². The first-order chi connectivity index (χ1) is 10.7. The van der Waals surface area contributed by atoms with Crippen LogP contribution in [0.4, 0.5) is 0 Å². The highest BCUT2D eigenvalue weighted by molar-refractivity contribution is 5.77. The van der Waals surface area contributed by atoms with E-state index in [4.69, 9.17) is 14.2 Å². The highest BCUT2D eigenvalue weighted by Crippen LogP contribution is 2.28. The Morgan fingerprint density at radius 3 is 3.00 bits per heavy atom. The molecule has 5 nitrogen and oxygen atoms in total. The van der Waals surface area contributed by atoms with Crippen LogP contribution < -0.4 is 14.8 Å². The molecular formula is C17H23NO4. The van der Waals surface area contributed by atoms with E-state index in [0.717, 1.165) is 25.0 Å². The molecule has 1 aromatic carbocycles. The lowest BCUT2D eigenvalue weighted by Gasteiger charge is -2.13. The molecule has 1 amide bonds. The van der Waals surface area contributed by atoms with Gasteiger partial charge in [-0.2, -0.15) is 0 Å². The van der Waals surface area contributed by atoms with Crippen LogP contribution in [0, 0.1) is 0 Å². The van der Waals surface area contributed by atoms with E-state index >= 15 is 0 Å². The predicted octanol–water partition coefficient (Wildman–Crippen LogP) is 2.40. The average Bonchev–Trinajstić information content (AvgIpc) is 3.05. The molecule has 1 N–H and O–H groups in total. The Kier molecular flexibility index (Phi) is 6.27. The van der Waals surface area contributed by atoms with E-state index in [1.807, 2.05) is 37.3 Å². The van der Waals surface area contributed by atoms with Crippen LogP contribution >= 0.6 is 0 Å². The van der Waals surface area contributed by atoms with Crippen molar-refractivity contribution >= 4 is 12.0 Å². The number of ether oxygens (including phenoxy) is 3. The van der Waals surface area contributed by atoms with Crippen LogP contribution in [-0.2, 0) is 9.53 Å². The molecule has 1 aliphatic rings. The lowest BCUT2D eigenvalue weighted by Crippen LogP contribution is -2.35. The molecule has 0 radical (unpaired) electrons. The second-order valence-corrected chi connectivity index (χ2v) is 5.14. The van der Waals surface area contributed by atoms with Crippen molar-refractivity contribution in [3.8, 4) is 11.5 Å². The monoisotopic (exact) mass is 305 g/mol. The molecule has 5 heteroatoms. The third-order valence-electron chi connectivity index (χ3n) is 3.46. The Morgan fingerprint density at radius 1 is 1.45 bits per heavy atom. The van der Waals surface area contributed by atoms with E-state index in [9.17, 15) is 4.79 Å². The normalized spacial score (nSPS) is 17.6. The Labute approximate surface area is 131 Å². The number of carbonyl (C=O) groups is 1. The van der Waals surface area contributed by atoms with Gasteiger partial charge < -0.3 is 19.5 Å². The van der Waals surface area contributed by atoms with E-state index in [2.05, 4.69) is 5.32 Å². The summed E-state index contributed by atoms with van der Waals surface area (Å²) >= 11 is 0. The molecule has 1 aromatic rings. The highest BCUT2D eigenvalue weighted by Gasteiger charge is 2.16. The molecule has 2 rings (SSSR count). The van der Waals surface area contributed by atoms with Gasteiger partial charge in [-0.05, 0) is 37.5 Å². The Bertz CT molecular complexity index is 521. The number of rotatable bonds is 7. The maximum atomic E-state index is 11.8. The number of carbonyl (C=O) groups excluding carboxylic acids is 1. The molecule has 0 aromatic heterocycles. The second-order valence-electron chi connectivity index (χ2n) is 5.14. The third-order valence-corrected chi connectivity index (χ3v) is 3.46. The van der Waals surface area contributed by atoms with Gasteiger partial charge in [0.25, 0.3) is 5.91 Å². The maximum absolute atomic E-state index is 11.8. The number of hydrogen-bond donors (Lipinski definition) is 1. The maximum Gasteiger partial charge on any atom is 0.258 e. The fraction of sp³-hybridized carbons (Fsp3) is 0.471. The molecule has 1 unspecified atom stereocenters. The molecule has 0 saturated carbocycles. The fourth-order valence-corrected chi connectivity index (χ4v) is 2.33. The molecule has 0 aliphatic carbocycles. The smallest absolute Gasteiger partial charge is 0.258 e. The zero-order chi connectivity index (χ0) is 15.8. The van der Waals surface area contributed by atoms with Gasteiger partial charge in [0.05, 0.1) is 13.2 Å². The SMILES string of the molecule is CC=Cc1ccc(OCC(=O)NCC2CCCO2)c(OC)c1. The van der Waals surface area contributed by atoms with Gasteiger partial charge in [-0.3, -0.25) is 4.79 Å². The summed E-state index contributed by atoms with van der Waals surface area (Å²) in [5.41, 5.74) is 1.02. The zero-order valence-electron chi connectivity index (χ0n) is 13.1. The molecule has 0 bridgehead atoms. The van der Waals surface area contributed by atoms with Crippen molar-refractivity contribution in [2.45, 2.75) is 25.9 Å². The quantitative estimate of drug-likeness (QED) is 0.840. The van der Waals surface area contributed by atoms with Crippen molar-refractivity contribution < 1.29 is 19.0 Å². The van der Waals surface area contributed by atoms with Crippen LogP contribution in [0.25, 0.3) is 6.08 Å². The summed E-state index contributed by atoms with van der Waals surface area (Å²) in [7, 11) is 1.58. The van der Waals surface area contributed by atoms with Crippen LogP contribution in [0.2, 0.25) is 0 Å². The van der Waals surface area contributed by atoms with Gasteiger partial charge in [-0.1, -0.05) is 18.2 Å². The molecule has 1 atom stereocenters. The number of nitrogens with one attached hydrogen (secondary N) is 1. The minimum Gasteiger partial charge on any atom is -0.493 e. The molecule has 1 aliphatic heterocycles. The Balaban J connectivity index is 1.83. The molecule has 1 fully saturated rings. The lowest BCUT2D eigenvalue weighted by atomic mass is 10.2. The Hall–Kier alpha value is -2.01. The molecular weight excluding hydrogens is 282 g/mol. The second kappa shape index (κ2) is 8.44. The highest BCUT2D eigenvalue weighted by atomic mass is 16.5. The zero-order valence-corrected chi connectivity index (χ0v) is 13.1. The van der Waals surface area contributed by atoms with Crippen molar-refractivity contribution in [2.75, 3.05) is 26.9 Å². The van der Waals surface area contributed by atoms with Gasteiger partial charge in [0.15, 0.2) is 18.1 Å². The van der Waals surface area contributed by atoms with Gasteiger partial charge >= 0.3 is 0 Å². The molecule has 22 heavy (non-hydrogen) atoms. The van der Waals surface area contributed by atoms with E-state index in [1.165, 1.54) is 0 Å². The first-order valence-electron chi connectivity index (χ1n) is 7.54. The van der Waals surface area contributed by atoms with Gasteiger partial charge in [-0.25, -0.2) is 0 Å². The van der Waals surface area contributed by atoms with Crippen molar-refractivity contribution in [2.24, 2.45) is 0 Å². The molecule has 0 spiro atoms. The summed E-state index contributed by atoms with van der Waals surface area (Å²) in [6.45, 7) is 3.24. The summed E-state index contributed by atoms with van der Waals surface area (Å²) < 4.78 is 16.3. The van der Waals surface area contributed by atoms with E-state index in [1.54, 1.807) is 7.11 Å². The molecule has 120 valence electrons. The average molecular weight is 305 g/mol. The van der Waals surface area contributed by atoms with E-state index in [-0.39, 0.29) is 18.6 Å². The van der Waals surface area contributed by atoms with Gasteiger partial charge in [0.1, 0.15) is 0 Å². The third kappa shape index (κ3) is 4.77. The van der Waals surface area contributed by atoms with Crippen LogP contribution in [-0.4, -0.2) is 38.9 Å². The van der Waals surface area contributed by atoms with Crippen LogP contribution in [0.15, 0.2) is 24.3 Å². The van der Waals surface area contributed by atoms with Gasteiger partial charge in [0, 0.05) is 13.2 Å². The van der Waals surface area contributed by atoms with Crippen molar-refractivity contribution in [3.63, 3.8) is 0 Å². The number of amides is 1. The molecule has 1 saturated heterocycles. The van der Waals surface area contributed by atoms with Crippen molar-refractivity contribution in [1.82, 2.24) is 5.32 Å². The summed E-state index contributed by atoms with van der Waals surface area (Å²) in [6.07, 6.45) is 6.13. The Morgan fingerprint density at radius 2 is 2.32 bits per heavy atom. The summed E-state index contributed by atoms with van der Waals surface area (Å²) in [5, 5.41) is 2.82. The van der Waals surface area contributed by atoms with Crippen LogP contribution in [0.1, 0.15) is 25.3 Å². The van der Waals surface area contributed by atoms with Gasteiger partial charge in [0.2, 0.25) is 0 Å². The van der Waals surface area contributed by atoms with Crippen LogP contribution in [0.3, 0.4) is 0 Å². The minimum absolute atomic E-state index is 0.0357. The summed E-state index contributed by atoms with van der Waals surface area (Å²) in [6, 6.07) is 5.60. The van der Waals surface area contributed by atoms with E-state index in [0.29, 0.717) is 18.0 Å². The summed E-state index contributed by atoms with van der Waals surface area (Å²) in [5.74, 6) is 1.01. The first-order valence-corrected chi connectivity index (χ1v) is 7.54. The van der Waals surface area contributed by atoms with E-state index < -0.39 is 0 Å². The largest absolute Gasteiger partial charge is 0.493 e. The molecule has 1 heterocycles. The number of benzene rings is 1. The topological polar surface area (TPSA) is 56.8 Å². The van der Waals surface area contributed by atoms with Crippen LogP contribution in [0.5, 0.6) is 11.5 Å². The van der Waals surface area contributed by atoms with Crippen molar-refractivity contribution in [1.29, 1.82) is 0 Å². The number of allylic oxidation sites excluding steroid dienone is 1.